The van der Waals surface area contributed by atoms with Gasteiger partial charge in [-0.05, 0) is 43.7 Å². The van der Waals surface area contributed by atoms with E-state index in [-0.39, 0.29) is 17.3 Å². The number of nitrogens with one attached hydrogen (secondary N) is 1. The zero-order valence-corrected chi connectivity index (χ0v) is 10.4. The molecule has 1 aromatic rings. The van der Waals surface area contributed by atoms with E-state index in [1.165, 1.54) is 18.2 Å². The Hall–Kier alpha value is -1.58. The number of rotatable bonds is 3. The quantitative estimate of drug-likeness (QED) is 0.864. The predicted octanol–water partition coefficient (Wildman–Crippen LogP) is 3.51. The van der Waals surface area contributed by atoms with Crippen molar-refractivity contribution in [2.45, 2.75) is 38.6 Å². The number of carbonyl (C=O) groups is 1. The van der Waals surface area contributed by atoms with Gasteiger partial charge in [0.15, 0.2) is 0 Å². The number of halogens is 1. The molecule has 3 nitrogen and oxygen atoms in total. The Labute approximate surface area is 106 Å². The van der Waals surface area contributed by atoms with Gasteiger partial charge in [0.25, 0.3) is 0 Å². The van der Waals surface area contributed by atoms with E-state index in [2.05, 4.69) is 12.2 Å². The molecule has 0 heterocycles. The fourth-order valence-electron chi connectivity index (χ4n) is 2.46. The van der Waals surface area contributed by atoms with Gasteiger partial charge in [0, 0.05) is 6.04 Å². The molecule has 0 bridgehead atoms. The number of carboxylic acids is 1. The molecule has 1 saturated carbocycles. The van der Waals surface area contributed by atoms with Crippen molar-refractivity contribution in [3.8, 4) is 0 Å². The van der Waals surface area contributed by atoms with Crippen molar-refractivity contribution < 1.29 is 14.3 Å². The molecule has 1 fully saturated rings. The van der Waals surface area contributed by atoms with Crippen LogP contribution in [0.2, 0.25) is 0 Å². The summed E-state index contributed by atoms with van der Waals surface area (Å²) in [5.74, 6) is -0.877. The van der Waals surface area contributed by atoms with Gasteiger partial charge >= 0.3 is 5.97 Å². The van der Waals surface area contributed by atoms with Gasteiger partial charge in [-0.3, -0.25) is 0 Å². The molecule has 0 atom stereocenters. The van der Waals surface area contributed by atoms with E-state index in [9.17, 15) is 9.18 Å². The molecule has 0 aliphatic heterocycles. The number of aromatic carboxylic acids is 1. The van der Waals surface area contributed by atoms with Crippen LogP contribution in [0.15, 0.2) is 18.2 Å². The van der Waals surface area contributed by atoms with Crippen molar-refractivity contribution in [3.05, 3.63) is 29.6 Å². The Morgan fingerprint density at radius 1 is 1.33 bits per heavy atom. The first-order chi connectivity index (χ1) is 8.58. The maximum Gasteiger partial charge on any atom is 0.337 e. The predicted molar refractivity (Wildman–Crippen MR) is 68.4 cm³/mol. The van der Waals surface area contributed by atoms with Gasteiger partial charge in [-0.15, -0.1) is 0 Å². The monoisotopic (exact) mass is 251 g/mol. The first kappa shape index (κ1) is 12.9. The van der Waals surface area contributed by atoms with E-state index in [1.54, 1.807) is 0 Å². The standard InChI is InChI=1S/C14H18FNO2/c1-9-5-7-10(8-6-9)16-13-11(14(17)18)3-2-4-12(13)15/h2-4,9-10,16H,5-8H2,1H3,(H,17,18). The highest BCUT2D eigenvalue weighted by Gasteiger charge is 2.21. The number of hydrogen-bond donors (Lipinski definition) is 2. The summed E-state index contributed by atoms with van der Waals surface area (Å²) in [5, 5.41) is 12.1. The molecule has 0 saturated heterocycles. The van der Waals surface area contributed by atoms with Crippen LogP contribution in [0.5, 0.6) is 0 Å². The summed E-state index contributed by atoms with van der Waals surface area (Å²) in [5.41, 5.74) is 0.137. The van der Waals surface area contributed by atoms with Crippen LogP contribution in [0.3, 0.4) is 0 Å². The van der Waals surface area contributed by atoms with E-state index in [0.717, 1.165) is 25.7 Å². The highest BCUT2D eigenvalue weighted by Crippen LogP contribution is 2.28. The summed E-state index contributed by atoms with van der Waals surface area (Å²) in [6, 6.07) is 4.32. The van der Waals surface area contributed by atoms with Gasteiger partial charge in [-0.25, -0.2) is 9.18 Å². The zero-order valence-electron chi connectivity index (χ0n) is 10.4. The van der Waals surface area contributed by atoms with E-state index >= 15 is 0 Å². The molecule has 1 aliphatic rings. The lowest BCUT2D eigenvalue weighted by atomic mass is 9.87. The maximum absolute atomic E-state index is 13.7. The molecule has 1 aliphatic carbocycles. The highest BCUT2D eigenvalue weighted by molar-refractivity contribution is 5.94. The van der Waals surface area contributed by atoms with Gasteiger partial charge in [0.1, 0.15) is 5.82 Å². The average molecular weight is 251 g/mol. The topological polar surface area (TPSA) is 49.3 Å². The Bertz CT molecular complexity index is 439. The first-order valence-corrected chi connectivity index (χ1v) is 6.36. The van der Waals surface area contributed by atoms with Crippen LogP contribution < -0.4 is 5.32 Å². The van der Waals surface area contributed by atoms with Gasteiger partial charge in [0.2, 0.25) is 0 Å². The second kappa shape index (κ2) is 5.38. The maximum atomic E-state index is 13.7. The molecular weight excluding hydrogens is 233 g/mol. The summed E-state index contributed by atoms with van der Waals surface area (Å²) in [6.07, 6.45) is 4.15. The third kappa shape index (κ3) is 2.81. The first-order valence-electron chi connectivity index (χ1n) is 6.36. The highest BCUT2D eigenvalue weighted by atomic mass is 19.1. The Kier molecular flexibility index (Phi) is 3.84. The van der Waals surface area contributed by atoms with Crippen molar-refractivity contribution in [1.29, 1.82) is 0 Å². The lowest BCUT2D eigenvalue weighted by molar-refractivity contribution is 0.0697. The van der Waals surface area contributed by atoms with Crippen LogP contribution in [-0.2, 0) is 0 Å². The number of para-hydroxylation sites is 1. The minimum absolute atomic E-state index is 0.00798. The molecule has 2 rings (SSSR count). The Morgan fingerprint density at radius 3 is 2.61 bits per heavy atom. The molecule has 0 amide bonds. The summed E-state index contributed by atoms with van der Waals surface area (Å²) in [7, 11) is 0. The average Bonchev–Trinajstić information content (AvgIpc) is 2.34. The van der Waals surface area contributed by atoms with Gasteiger partial charge in [0.05, 0.1) is 11.3 Å². The van der Waals surface area contributed by atoms with Crippen molar-refractivity contribution >= 4 is 11.7 Å². The Balaban J connectivity index is 2.15. The largest absolute Gasteiger partial charge is 0.478 e. The second-order valence-electron chi connectivity index (χ2n) is 5.07. The molecule has 2 N–H and O–H groups in total. The lowest BCUT2D eigenvalue weighted by Gasteiger charge is -2.28. The summed E-state index contributed by atoms with van der Waals surface area (Å²) in [6.45, 7) is 2.21. The molecule has 0 spiro atoms. The van der Waals surface area contributed by atoms with Crippen LogP contribution in [0, 0.1) is 11.7 Å². The Morgan fingerprint density at radius 2 is 2.00 bits per heavy atom. The van der Waals surface area contributed by atoms with E-state index in [1.807, 2.05) is 0 Å². The summed E-state index contributed by atoms with van der Waals surface area (Å²) >= 11 is 0. The third-order valence-electron chi connectivity index (χ3n) is 3.61. The van der Waals surface area contributed by atoms with Crippen LogP contribution in [0.4, 0.5) is 10.1 Å². The molecule has 18 heavy (non-hydrogen) atoms. The number of anilines is 1. The second-order valence-corrected chi connectivity index (χ2v) is 5.07. The van der Waals surface area contributed by atoms with Crippen molar-refractivity contribution in [2.24, 2.45) is 5.92 Å². The minimum Gasteiger partial charge on any atom is -0.478 e. The van der Waals surface area contributed by atoms with Gasteiger partial charge in [-0.1, -0.05) is 13.0 Å². The molecule has 0 aromatic heterocycles. The molecular formula is C14H18FNO2. The summed E-state index contributed by atoms with van der Waals surface area (Å²) < 4.78 is 13.7. The molecule has 0 unspecified atom stereocenters. The zero-order chi connectivity index (χ0) is 13.1. The number of carboxylic acid groups (broad SMARTS) is 1. The van der Waals surface area contributed by atoms with Crippen molar-refractivity contribution in [2.75, 3.05) is 5.32 Å². The fourth-order valence-corrected chi connectivity index (χ4v) is 2.46. The number of benzene rings is 1. The minimum atomic E-state index is -1.10. The smallest absolute Gasteiger partial charge is 0.337 e. The van der Waals surface area contributed by atoms with Crippen molar-refractivity contribution in [3.63, 3.8) is 0 Å². The third-order valence-corrected chi connectivity index (χ3v) is 3.61. The van der Waals surface area contributed by atoms with Crippen LogP contribution >= 0.6 is 0 Å². The van der Waals surface area contributed by atoms with Crippen LogP contribution in [-0.4, -0.2) is 17.1 Å². The van der Waals surface area contributed by atoms with E-state index in [4.69, 9.17) is 5.11 Å². The normalized spacial score (nSPS) is 23.7. The van der Waals surface area contributed by atoms with E-state index in [0.29, 0.717) is 5.92 Å². The van der Waals surface area contributed by atoms with Crippen molar-refractivity contribution in [1.82, 2.24) is 0 Å². The molecule has 0 radical (unpaired) electrons. The summed E-state index contributed by atoms with van der Waals surface area (Å²) in [4.78, 5) is 11.1. The van der Waals surface area contributed by atoms with Crippen LogP contribution in [0.25, 0.3) is 0 Å². The SMILES string of the molecule is CC1CCC(Nc2c(F)cccc2C(=O)O)CC1. The molecule has 98 valence electrons. The van der Waals surface area contributed by atoms with E-state index < -0.39 is 11.8 Å². The molecule has 4 heteroatoms. The van der Waals surface area contributed by atoms with Crippen LogP contribution in [0.1, 0.15) is 43.0 Å². The molecule has 1 aromatic carbocycles. The van der Waals surface area contributed by atoms with Gasteiger partial charge in [-0.2, -0.15) is 0 Å². The number of hydrogen-bond acceptors (Lipinski definition) is 2. The van der Waals surface area contributed by atoms with Gasteiger partial charge < -0.3 is 10.4 Å². The lowest BCUT2D eigenvalue weighted by Crippen LogP contribution is -2.26. The fraction of sp³-hybridized carbons (Fsp3) is 0.500.